The monoisotopic (exact) mass is 357 g/mol. The Balaban J connectivity index is 1.70. The average Bonchev–Trinajstić information content (AvgIpc) is 2.60. The van der Waals surface area contributed by atoms with Gasteiger partial charge in [-0.15, -0.1) is 0 Å². The predicted molar refractivity (Wildman–Crippen MR) is 104 cm³/mol. The molecule has 0 saturated carbocycles. The Morgan fingerprint density at radius 2 is 2.00 bits per heavy atom. The minimum Gasteiger partial charge on any atom is -0.377 e. The van der Waals surface area contributed by atoms with Crippen molar-refractivity contribution in [2.45, 2.75) is 51.8 Å². The van der Waals surface area contributed by atoms with Gasteiger partial charge in [0.25, 0.3) is 0 Å². The maximum Gasteiger partial charge on any atom is 0.0702 e. The predicted octanol–water partition coefficient (Wildman–Crippen LogP) is 5.31. The number of nitrogens with one attached hydrogen (secondary N) is 1. The van der Waals surface area contributed by atoms with E-state index < -0.39 is 0 Å². The number of allylic oxidation sites excluding steroid dienone is 2. The lowest BCUT2D eigenvalue weighted by atomic mass is 9.69. The molecule has 1 N–H and O–H groups in total. The van der Waals surface area contributed by atoms with Crippen LogP contribution in [-0.4, -0.2) is 18.8 Å². The third-order valence-corrected chi connectivity index (χ3v) is 6.31. The van der Waals surface area contributed by atoms with Crippen molar-refractivity contribution in [2.75, 3.05) is 6.61 Å². The summed E-state index contributed by atoms with van der Waals surface area (Å²) in [6.45, 7) is 7.73. The van der Waals surface area contributed by atoms with Crippen molar-refractivity contribution >= 4 is 11.6 Å². The summed E-state index contributed by atoms with van der Waals surface area (Å²) in [6, 6.07) is 8.82. The summed E-state index contributed by atoms with van der Waals surface area (Å²) in [5, 5.41) is 4.74. The molecule has 2 saturated heterocycles. The minimum atomic E-state index is 0.172. The molecule has 0 bridgehead atoms. The number of hydrogen-bond donors (Lipinski definition) is 1. The highest BCUT2D eigenvalue weighted by Gasteiger charge is 2.46. The fourth-order valence-corrected chi connectivity index (χ4v) is 4.88. The van der Waals surface area contributed by atoms with Crippen LogP contribution in [0.4, 0.5) is 0 Å². The Morgan fingerprint density at radius 3 is 2.76 bits per heavy atom. The first-order valence-electron chi connectivity index (χ1n) is 9.48. The van der Waals surface area contributed by atoms with Gasteiger partial charge in [0.2, 0.25) is 0 Å². The first-order chi connectivity index (χ1) is 11.9. The molecule has 2 aliphatic heterocycles. The van der Waals surface area contributed by atoms with E-state index in [0.29, 0.717) is 17.9 Å². The molecule has 0 aromatic heterocycles. The van der Waals surface area contributed by atoms with Crippen molar-refractivity contribution in [2.24, 2.45) is 17.3 Å². The molecule has 0 spiro atoms. The molecule has 2 nitrogen and oxygen atoms in total. The molecule has 134 valence electrons. The van der Waals surface area contributed by atoms with Crippen LogP contribution in [0.1, 0.15) is 45.2 Å². The van der Waals surface area contributed by atoms with Gasteiger partial charge in [0.15, 0.2) is 0 Å². The SMILES string of the molecule is CC(C)(C)C1=CC2C(C=C1)NC(c1ccccc1Cl)C1CCCOC21. The van der Waals surface area contributed by atoms with E-state index in [4.69, 9.17) is 16.3 Å². The third kappa shape index (κ3) is 3.20. The van der Waals surface area contributed by atoms with Gasteiger partial charge in [-0.25, -0.2) is 0 Å². The lowest BCUT2D eigenvalue weighted by molar-refractivity contribution is -0.0868. The zero-order valence-corrected chi connectivity index (χ0v) is 16.1. The summed E-state index contributed by atoms with van der Waals surface area (Å²) in [6.07, 6.45) is 9.68. The molecule has 0 radical (unpaired) electrons. The second kappa shape index (κ2) is 6.57. The first kappa shape index (κ1) is 17.3. The summed E-state index contributed by atoms with van der Waals surface area (Å²) >= 11 is 6.54. The molecular weight excluding hydrogens is 330 g/mol. The zero-order valence-electron chi connectivity index (χ0n) is 15.3. The van der Waals surface area contributed by atoms with Crippen LogP contribution in [0.5, 0.6) is 0 Å². The van der Waals surface area contributed by atoms with Crippen LogP contribution in [0, 0.1) is 17.3 Å². The van der Waals surface area contributed by atoms with Gasteiger partial charge < -0.3 is 10.1 Å². The number of fused-ring (bicyclic) bond motifs is 3. The number of ether oxygens (including phenoxy) is 1. The first-order valence-corrected chi connectivity index (χ1v) is 9.85. The molecule has 4 rings (SSSR count). The van der Waals surface area contributed by atoms with E-state index in [0.717, 1.165) is 18.1 Å². The van der Waals surface area contributed by atoms with Crippen molar-refractivity contribution in [3.05, 3.63) is 58.7 Å². The molecule has 2 fully saturated rings. The summed E-state index contributed by atoms with van der Waals surface area (Å²) < 4.78 is 6.34. The highest BCUT2D eigenvalue weighted by Crippen LogP contribution is 2.46. The van der Waals surface area contributed by atoms with Crippen molar-refractivity contribution in [1.82, 2.24) is 5.32 Å². The van der Waals surface area contributed by atoms with E-state index in [2.05, 4.69) is 56.4 Å². The summed E-state index contributed by atoms with van der Waals surface area (Å²) in [7, 11) is 0. The van der Waals surface area contributed by atoms with Crippen LogP contribution in [-0.2, 0) is 4.74 Å². The Kier molecular flexibility index (Phi) is 4.56. The Bertz CT molecular complexity index is 702. The van der Waals surface area contributed by atoms with Gasteiger partial charge in [0.1, 0.15) is 0 Å². The topological polar surface area (TPSA) is 21.3 Å². The van der Waals surface area contributed by atoms with Crippen LogP contribution in [0.2, 0.25) is 5.02 Å². The van der Waals surface area contributed by atoms with E-state index in [-0.39, 0.29) is 17.6 Å². The second-order valence-electron chi connectivity index (χ2n) is 8.64. The number of rotatable bonds is 1. The lowest BCUT2D eigenvalue weighted by Gasteiger charge is -2.50. The number of hydrogen-bond acceptors (Lipinski definition) is 2. The third-order valence-electron chi connectivity index (χ3n) is 5.97. The fraction of sp³-hybridized carbons (Fsp3) is 0.545. The Hall–Kier alpha value is -1.09. The van der Waals surface area contributed by atoms with Crippen LogP contribution in [0.25, 0.3) is 0 Å². The number of halogens is 1. The molecule has 3 aliphatic rings. The molecule has 1 aromatic carbocycles. The van der Waals surface area contributed by atoms with Gasteiger partial charge in [-0.3, -0.25) is 0 Å². The van der Waals surface area contributed by atoms with Gasteiger partial charge in [-0.2, -0.15) is 0 Å². The molecular formula is C22H28ClNO. The highest BCUT2D eigenvalue weighted by atomic mass is 35.5. The van der Waals surface area contributed by atoms with E-state index in [1.165, 1.54) is 17.6 Å². The van der Waals surface area contributed by atoms with Crippen molar-refractivity contribution in [1.29, 1.82) is 0 Å². The van der Waals surface area contributed by atoms with Crippen LogP contribution in [0.3, 0.4) is 0 Å². The van der Waals surface area contributed by atoms with Crippen molar-refractivity contribution in [3.8, 4) is 0 Å². The van der Waals surface area contributed by atoms with Crippen molar-refractivity contribution < 1.29 is 4.74 Å². The largest absolute Gasteiger partial charge is 0.377 e. The Morgan fingerprint density at radius 1 is 1.20 bits per heavy atom. The molecule has 1 aromatic rings. The van der Waals surface area contributed by atoms with E-state index in [1.807, 2.05) is 12.1 Å². The van der Waals surface area contributed by atoms with Gasteiger partial charge in [-0.1, -0.05) is 68.8 Å². The van der Waals surface area contributed by atoms with Gasteiger partial charge in [0.05, 0.1) is 6.10 Å². The molecule has 5 atom stereocenters. The summed E-state index contributed by atoms with van der Waals surface area (Å²) in [5.41, 5.74) is 2.80. The van der Waals surface area contributed by atoms with E-state index in [1.54, 1.807) is 0 Å². The summed E-state index contributed by atoms with van der Waals surface area (Å²) in [4.78, 5) is 0. The molecule has 25 heavy (non-hydrogen) atoms. The standard InChI is InChI=1S/C22H28ClNO/c1-22(2,3)14-10-11-19-17(13-14)21-16(8-6-12-25-21)20(24-19)15-7-4-5-9-18(15)23/h4-5,7,9-11,13,16-17,19-21,24H,6,8,12H2,1-3H3. The normalized spacial score (nSPS) is 34.9. The summed E-state index contributed by atoms with van der Waals surface area (Å²) in [5.74, 6) is 0.877. The minimum absolute atomic E-state index is 0.172. The maximum absolute atomic E-state index is 6.54. The van der Waals surface area contributed by atoms with Crippen LogP contribution < -0.4 is 5.32 Å². The number of piperidine rings is 1. The molecule has 3 heteroatoms. The van der Waals surface area contributed by atoms with Gasteiger partial charge in [0, 0.05) is 35.5 Å². The van der Waals surface area contributed by atoms with Crippen molar-refractivity contribution in [3.63, 3.8) is 0 Å². The lowest BCUT2D eigenvalue weighted by Crippen LogP contribution is -2.57. The maximum atomic E-state index is 6.54. The smallest absolute Gasteiger partial charge is 0.0702 e. The average molecular weight is 358 g/mol. The van der Waals surface area contributed by atoms with Gasteiger partial charge >= 0.3 is 0 Å². The quantitative estimate of drug-likeness (QED) is 0.735. The zero-order chi connectivity index (χ0) is 17.6. The van der Waals surface area contributed by atoms with Crippen LogP contribution >= 0.6 is 11.6 Å². The highest BCUT2D eigenvalue weighted by molar-refractivity contribution is 6.31. The Labute approximate surface area is 156 Å². The molecule has 2 heterocycles. The fourth-order valence-electron chi connectivity index (χ4n) is 4.63. The van der Waals surface area contributed by atoms with Gasteiger partial charge in [-0.05, 0) is 35.5 Å². The van der Waals surface area contributed by atoms with E-state index in [9.17, 15) is 0 Å². The second-order valence-corrected chi connectivity index (χ2v) is 9.05. The number of benzene rings is 1. The molecule has 5 unspecified atom stereocenters. The molecule has 1 aliphatic carbocycles. The van der Waals surface area contributed by atoms with E-state index >= 15 is 0 Å². The van der Waals surface area contributed by atoms with Crippen LogP contribution in [0.15, 0.2) is 48.1 Å². The molecule has 0 amide bonds.